The van der Waals surface area contributed by atoms with Crippen LogP contribution in [0.4, 0.5) is 0 Å². The molecule has 22 heavy (non-hydrogen) atoms. The van der Waals surface area contributed by atoms with Gasteiger partial charge < -0.3 is 9.64 Å². The van der Waals surface area contributed by atoms with E-state index in [1.54, 1.807) is 0 Å². The van der Waals surface area contributed by atoms with Crippen molar-refractivity contribution >= 4 is 12.4 Å². The Kier molecular flexibility index (Phi) is 19.5. The van der Waals surface area contributed by atoms with Crippen molar-refractivity contribution in [2.75, 3.05) is 27.2 Å². The molecule has 0 aromatic rings. The molecule has 0 heterocycles. The molecule has 0 aliphatic heterocycles. The maximum absolute atomic E-state index is 5.85. The molecule has 0 saturated carbocycles. The van der Waals surface area contributed by atoms with Gasteiger partial charge in [-0.3, -0.25) is 0 Å². The molecule has 0 aromatic heterocycles. The number of ether oxygens (including phenoxy) is 1. The van der Waals surface area contributed by atoms with Crippen LogP contribution in [0.2, 0.25) is 0 Å². The fourth-order valence-electron chi connectivity index (χ4n) is 2.52. The van der Waals surface area contributed by atoms with Crippen molar-refractivity contribution in [3.05, 3.63) is 0 Å². The lowest BCUT2D eigenvalue weighted by molar-refractivity contribution is 0.0528. The molecule has 1 atom stereocenters. The first-order valence-corrected chi connectivity index (χ1v) is 9.28. The summed E-state index contributed by atoms with van der Waals surface area (Å²) in [4.78, 5) is 2.22. The molecule has 0 amide bonds. The Balaban J connectivity index is 0. The number of nitrogens with zero attached hydrogens (tertiary/aromatic N) is 1. The van der Waals surface area contributed by atoms with Crippen molar-refractivity contribution < 1.29 is 4.74 Å². The van der Waals surface area contributed by atoms with Crippen LogP contribution in [-0.2, 0) is 4.74 Å². The van der Waals surface area contributed by atoms with Gasteiger partial charge in [0, 0.05) is 6.61 Å². The highest BCUT2D eigenvalue weighted by Crippen LogP contribution is 2.12. The minimum atomic E-state index is 0. The van der Waals surface area contributed by atoms with Gasteiger partial charge in [0.15, 0.2) is 0 Å². The third-order valence-electron chi connectivity index (χ3n) is 4.06. The van der Waals surface area contributed by atoms with Gasteiger partial charge in [0.25, 0.3) is 0 Å². The van der Waals surface area contributed by atoms with Crippen LogP contribution < -0.4 is 0 Å². The molecule has 0 bridgehead atoms. The van der Waals surface area contributed by atoms with Gasteiger partial charge in [0.2, 0.25) is 0 Å². The molecular weight excluding hydrogens is 294 g/mol. The van der Waals surface area contributed by atoms with Gasteiger partial charge in [-0.05, 0) is 46.3 Å². The van der Waals surface area contributed by atoms with Gasteiger partial charge >= 0.3 is 0 Å². The first-order valence-electron chi connectivity index (χ1n) is 9.28. The largest absolute Gasteiger partial charge is 0.378 e. The third-order valence-corrected chi connectivity index (χ3v) is 4.06. The lowest BCUT2D eigenvalue weighted by atomic mass is 10.0. The van der Waals surface area contributed by atoms with E-state index in [1.165, 1.54) is 57.8 Å². The van der Waals surface area contributed by atoms with Crippen LogP contribution in [0.1, 0.15) is 85.0 Å². The minimum absolute atomic E-state index is 0. The zero-order valence-corrected chi connectivity index (χ0v) is 16.7. The SMILES string of the molecule is CC(C)CCCCCCCCCCOC(C)CCN(C)C.Cl. The van der Waals surface area contributed by atoms with Crippen LogP contribution >= 0.6 is 12.4 Å². The van der Waals surface area contributed by atoms with E-state index in [0.29, 0.717) is 6.10 Å². The molecule has 0 aliphatic rings. The predicted octanol–water partition coefficient (Wildman–Crippen LogP) is 5.93. The van der Waals surface area contributed by atoms with Gasteiger partial charge in [0.1, 0.15) is 0 Å². The summed E-state index contributed by atoms with van der Waals surface area (Å²) in [5, 5.41) is 0. The number of hydrogen-bond acceptors (Lipinski definition) is 2. The van der Waals surface area contributed by atoms with E-state index < -0.39 is 0 Å². The molecule has 2 nitrogen and oxygen atoms in total. The van der Waals surface area contributed by atoms with Gasteiger partial charge in [-0.2, -0.15) is 0 Å². The summed E-state index contributed by atoms with van der Waals surface area (Å²) >= 11 is 0. The number of unbranched alkanes of at least 4 members (excludes halogenated alkanes) is 7. The Morgan fingerprint density at radius 3 is 1.73 bits per heavy atom. The van der Waals surface area contributed by atoms with Crippen molar-refractivity contribution in [1.29, 1.82) is 0 Å². The molecule has 0 aromatic carbocycles. The van der Waals surface area contributed by atoms with Crippen molar-refractivity contribution in [3.63, 3.8) is 0 Å². The average molecular weight is 336 g/mol. The smallest absolute Gasteiger partial charge is 0.0559 e. The summed E-state index contributed by atoms with van der Waals surface area (Å²) in [6.45, 7) is 8.91. The molecule has 0 radical (unpaired) electrons. The van der Waals surface area contributed by atoms with Crippen molar-refractivity contribution in [3.8, 4) is 0 Å². The highest BCUT2D eigenvalue weighted by atomic mass is 35.5. The lowest BCUT2D eigenvalue weighted by Gasteiger charge is -2.15. The number of hydrogen-bond donors (Lipinski definition) is 0. The molecule has 0 saturated heterocycles. The fraction of sp³-hybridized carbons (Fsp3) is 1.00. The second kappa shape index (κ2) is 17.6. The monoisotopic (exact) mass is 335 g/mol. The average Bonchev–Trinajstić information content (AvgIpc) is 2.42. The van der Waals surface area contributed by atoms with E-state index in [2.05, 4.69) is 39.8 Å². The van der Waals surface area contributed by atoms with E-state index in [-0.39, 0.29) is 12.4 Å². The van der Waals surface area contributed by atoms with Crippen molar-refractivity contribution in [2.45, 2.75) is 91.1 Å². The Morgan fingerprint density at radius 2 is 1.23 bits per heavy atom. The van der Waals surface area contributed by atoms with E-state index in [4.69, 9.17) is 4.74 Å². The molecular formula is C19H42ClNO. The molecule has 0 fully saturated rings. The molecule has 3 heteroatoms. The lowest BCUT2D eigenvalue weighted by Crippen LogP contribution is -2.19. The first-order chi connectivity index (χ1) is 10.0. The third kappa shape index (κ3) is 20.2. The van der Waals surface area contributed by atoms with Crippen LogP contribution in [0, 0.1) is 5.92 Å². The number of rotatable bonds is 15. The Hall–Kier alpha value is 0.210. The van der Waals surface area contributed by atoms with E-state index in [9.17, 15) is 0 Å². The summed E-state index contributed by atoms with van der Waals surface area (Å²) in [7, 11) is 4.24. The maximum atomic E-state index is 5.85. The highest BCUT2D eigenvalue weighted by molar-refractivity contribution is 5.85. The fourth-order valence-corrected chi connectivity index (χ4v) is 2.52. The van der Waals surface area contributed by atoms with Crippen molar-refractivity contribution in [1.82, 2.24) is 4.90 Å². The summed E-state index contributed by atoms with van der Waals surface area (Å²) in [6.07, 6.45) is 14.1. The molecule has 0 aliphatic carbocycles. The first kappa shape index (κ1) is 24.5. The van der Waals surface area contributed by atoms with Gasteiger partial charge in [-0.15, -0.1) is 12.4 Å². The predicted molar refractivity (Wildman–Crippen MR) is 102 cm³/mol. The molecule has 0 spiro atoms. The van der Waals surface area contributed by atoms with Crippen LogP contribution in [0.25, 0.3) is 0 Å². The van der Waals surface area contributed by atoms with Crippen molar-refractivity contribution in [2.24, 2.45) is 5.92 Å². The standard InChI is InChI=1S/C19H41NO.ClH/c1-18(2)14-12-10-8-6-7-9-11-13-17-21-19(3)15-16-20(4)5;/h18-19H,6-17H2,1-5H3;1H. The van der Waals surface area contributed by atoms with E-state index in [0.717, 1.165) is 25.5 Å². The molecule has 1 unspecified atom stereocenters. The van der Waals surface area contributed by atoms with Gasteiger partial charge in [-0.25, -0.2) is 0 Å². The van der Waals surface area contributed by atoms with Crippen LogP contribution in [-0.4, -0.2) is 38.3 Å². The number of halogens is 1. The second-order valence-electron chi connectivity index (χ2n) is 7.28. The zero-order valence-electron chi connectivity index (χ0n) is 15.9. The van der Waals surface area contributed by atoms with Crippen LogP contribution in [0.3, 0.4) is 0 Å². The van der Waals surface area contributed by atoms with Gasteiger partial charge in [-0.1, -0.05) is 65.2 Å². The zero-order chi connectivity index (χ0) is 15.9. The van der Waals surface area contributed by atoms with Crippen LogP contribution in [0.15, 0.2) is 0 Å². The van der Waals surface area contributed by atoms with E-state index in [1.807, 2.05) is 0 Å². The Morgan fingerprint density at radius 1 is 0.727 bits per heavy atom. The Bertz CT molecular complexity index is 210. The van der Waals surface area contributed by atoms with Gasteiger partial charge in [0.05, 0.1) is 6.10 Å². The normalized spacial score (nSPS) is 12.7. The summed E-state index contributed by atoms with van der Waals surface area (Å²) < 4.78 is 5.85. The maximum Gasteiger partial charge on any atom is 0.0559 e. The molecule has 0 N–H and O–H groups in total. The summed E-state index contributed by atoms with van der Waals surface area (Å²) in [5.41, 5.74) is 0. The molecule has 0 rings (SSSR count). The topological polar surface area (TPSA) is 12.5 Å². The Labute approximate surface area is 146 Å². The quantitative estimate of drug-likeness (QED) is 0.344. The second-order valence-corrected chi connectivity index (χ2v) is 7.28. The summed E-state index contributed by atoms with van der Waals surface area (Å²) in [6, 6.07) is 0. The summed E-state index contributed by atoms with van der Waals surface area (Å²) in [5.74, 6) is 0.880. The van der Waals surface area contributed by atoms with Crippen LogP contribution in [0.5, 0.6) is 0 Å². The molecule has 136 valence electrons. The van der Waals surface area contributed by atoms with E-state index >= 15 is 0 Å². The highest BCUT2D eigenvalue weighted by Gasteiger charge is 2.02. The minimum Gasteiger partial charge on any atom is -0.378 e.